The Balaban J connectivity index is 2.32. The maximum atomic E-state index is 12.1. The molecule has 0 radical (unpaired) electrons. The van der Waals surface area contributed by atoms with Crippen molar-refractivity contribution in [2.45, 2.75) is 12.8 Å². The minimum absolute atomic E-state index is 0.0618. The zero-order valence-electron chi connectivity index (χ0n) is 10.4. The number of ketones is 1. The first kappa shape index (κ1) is 13.5. The largest absolute Gasteiger partial charge is 0.469 e. The summed E-state index contributed by atoms with van der Waals surface area (Å²) in [5, 5.41) is 1.28. The first-order valence-corrected chi connectivity index (χ1v) is 6.14. The first-order chi connectivity index (χ1) is 9.13. The van der Waals surface area contributed by atoms with Crippen molar-refractivity contribution in [2.75, 3.05) is 7.11 Å². The fraction of sp³-hybridized carbons (Fsp3) is 0.214. The Morgan fingerprint density at radius 3 is 2.79 bits per heavy atom. The number of methoxy groups -OCH3 is 1. The summed E-state index contributed by atoms with van der Waals surface area (Å²) in [5.74, 6) is -0.551. The van der Waals surface area contributed by atoms with Gasteiger partial charge >= 0.3 is 5.97 Å². The van der Waals surface area contributed by atoms with Gasteiger partial charge in [-0.2, -0.15) is 0 Å². The van der Waals surface area contributed by atoms with Crippen LogP contribution in [0.1, 0.15) is 23.2 Å². The topological polar surface area (TPSA) is 56.3 Å². The Kier molecular flexibility index (Phi) is 4.12. The van der Waals surface area contributed by atoms with Gasteiger partial charge in [-0.1, -0.05) is 11.6 Å². The third-order valence-corrected chi connectivity index (χ3v) is 3.13. The molecule has 0 aliphatic carbocycles. The number of aromatic nitrogens is 1. The zero-order valence-corrected chi connectivity index (χ0v) is 11.1. The van der Waals surface area contributed by atoms with E-state index in [0.717, 1.165) is 5.39 Å². The van der Waals surface area contributed by atoms with Gasteiger partial charge in [-0.05, 0) is 24.3 Å². The predicted molar refractivity (Wildman–Crippen MR) is 72.3 cm³/mol. The van der Waals surface area contributed by atoms with E-state index < -0.39 is 5.97 Å². The van der Waals surface area contributed by atoms with Crippen LogP contribution in [-0.4, -0.2) is 23.8 Å². The lowest BCUT2D eigenvalue weighted by atomic mass is 10.0. The number of carbonyl (C=O) groups excluding carboxylic acids is 2. The van der Waals surface area contributed by atoms with Crippen LogP contribution in [0, 0.1) is 0 Å². The average molecular weight is 278 g/mol. The van der Waals surface area contributed by atoms with E-state index in [9.17, 15) is 9.59 Å². The van der Waals surface area contributed by atoms with Crippen molar-refractivity contribution < 1.29 is 14.3 Å². The van der Waals surface area contributed by atoms with Crippen LogP contribution in [0.25, 0.3) is 10.9 Å². The molecular formula is C14H12ClNO3. The molecule has 0 saturated heterocycles. The Labute approximate surface area is 115 Å². The maximum absolute atomic E-state index is 12.1. The monoisotopic (exact) mass is 277 g/mol. The summed E-state index contributed by atoms with van der Waals surface area (Å²) in [6.07, 6.45) is 1.77. The smallest absolute Gasteiger partial charge is 0.305 e. The molecule has 1 aromatic heterocycles. The molecule has 0 aliphatic rings. The van der Waals surface area contributed by atoms with Crippen LogP contribution in [0.5, 0.6) is 0 Å². The highest BCUT2D eigenvalue weighted by Gasteiger charge is 2.14. The summed E-state index contributed by atoms with van der Waals surface area (Å²) >= 11 is 6.06. The second-order valence-electron chi connectivity index (χ2n) is 3.99. The number of carbonyl (C=O) groups is 2. The molecule has 0 fully saturated rings. The molecule has 0 amide bonds. The van der Waals surface area contributed by atoms with Gasteiger partial charge in [0.2, 0.25) is 0 Å². The number of ether oxygens (including phenoxy) is 1. The van der Waals surface area contributed by atoms with E-state index >= 15 is 0 Å². The van der Waals surface area contributed by atoms with Gasteiger partial charge in [-0.3, -0.25) is 14.6 Å². The molecule has 1 aromatic carbocycles. The van der Waals surface area contributed by atoms with E-state index in [1.54, 1.807) is 24.4 Å². The highest BCUT2D eigenvalue weighted by Crippen LogP contribution is 2.25. The normalized spacial score (nSPS) is 10.4. The van der Waals surface area contributed by atoms with Crippen molar-refractivity contribution in [1.82, 2.24) is 4.98 Å². The van der Waals surface area contributed by atoms with E-state index in [1.807, 2.05) is 6.07 Å². The minimum atomic E-state index is -0.403. The molecule has 0 bridgehead atoms. The Bertz CT molecular complexity index is 640. The van der Waals surface area contributed by atoms with E-state index in [0.29, 0.717) is 16.1 Å². The van der Waals surface area contributed by atoms with Crippen LogP contribution in [0.4, 0.5) is 0 Å². The number of nitrogens with zero attached hydrogens (tertiary/aromatic N) is 1. The molecule has 0 unspecified atom stereocenters. The summed E-state index contributed by atoms with van der Waals surface area (Å²) in [6.45, 7) is 0. The van der Waals surface area contributed by atoms with Crippen LogP contribution in [0.2, 0.25) is 5.02 Å². The lowest BCUT2D eigenvalue weighted by Crippen LogP contribution is -2.07. The van der Waals surface area contributed by atoms with Crippen molar-refractivity contribution >= 4 is 34.3 Å². The quantitative estimate of drug-likeness (QED) is 0.637. The lowest BCUT2D eigenvalue weighted by molar-refractivity contribution is -0.140. The second kappa shape index (κ2) is 5.80. The van der Waals surface area contributed by atoms with Crippen LogP contribution in [0.3, 0.4) is 0 Å². The van der Waals surface area contributed by atoms with Gasteiger partial charge in [0.15, 0.2) is 5.78 Å². The number of rotatable bonds is 4. The van der Waals surface area contributed by atoms with Crippen LogP contribution in [-0.2, 0) is 9.53 Å². The van der Waals surface area contributed by atoms with Crippen molar-refractivity contribution in [3.05, 3.63) is 41.0 Å². The summed E-state index contributed by atoms with van der Waals surface area (Å²) in [5.41, 5.74) is 1.04. The van der Waals surface area contributed by atoms with E-state index in [-0.39, 0.29) is 18.6 Å². The third kappa shape index (κ3) is 2.90. The van der Waals surface area contributed by atoms with Gasteiger partial charge in [0.1, 0.15) is 0 Å². The molecular weight excluding hydrogens is 266 g/mol. The number of hydrogen-bond acceptors (Lipinski definition) is 4. The number of pyridine rings is 1. The van der Waals surface area contributed by atoms with Crippen molar-refractivity contribution in [3.63, 3.8) is 0 Å². The minimum Gasteiger partial charge on any atom is -0.469 e. The van der Waals surface area contributed by atoms with Crippen LogP contribution >= 0.6 is 11.6 Å². The van der Waals surface area contributed by atoms with Gasteiger partial charge in [0, 0.05) is 23.6 Å². The van der Waals surface area contributed by atoms with E-state index in [1.165, 1.54) is 7.11 Å². The SMILES string of the molecule is COC(=O)CCC(=O)c1ccc(Cl)c2cccnc12. The number of fused-ring (bicyclic) bond motifs is 1. The van der Waals surface area contributed by atoms with Crippen LogP contribution < -0.4 is 0 Å². The summed E-state index contributed by atoms with van der Waals surface area (Å²) in [6, 6.07) is 6.87. The third-order valence-electron chi connectivity index (χ3n) is 2.80. The molecule has 0 spiro atoms. The molecule has 19 heavy (non-hydrogen) atoms. The van der Waals surface area contributed by atoms with Gasteiger partial charge in [0.05, 0.1) is 24.1 Å². The Morgan fingerprint density at radius 2 is 2.05 bits per heavy atom. The van der Waals surface area contributed by atoms with Gasteiger partial charge in [-0.15, -0.1) is 0 Å². The predicted octanol–water partition coefficient (Wildman–Crippen LogP) is 3.02. The van der Waals surface area contributed by atoms with Crippen LogP contribution in [0.15, 0.2) is 30.5 Å². The number of Topliss-reactive ketones (excluding diaryl/α,β-unsaturated/α-hetero) is 1. The molecule has 0 N–H and O–H groups in total. The Hall–Kier alpha value is -1.94. The van der Waals surface area contributed by atoms with Gasteiger partial charge in [-0.25, -0.2) is 0 Å². The Morgan fingerprint density at radius 1 is 1.26 bits per heavy atom. The first-order valence-electron chi connectivity index (χ1n) is 5.76. The number of halogens is 1. The maximum Gasteiger partial charge on any atom is 0.305 e. The van der Waals surface area contributed by atoms with Crippen molar-refractivity contribution in [1.29, 1.82) is 0 Å². The number of benzene rings is 1. The van der Waals surface area contributed by atoms with Gasteiger partial charge < -0.3 is 4.74 Å². The van der Waals surface area contributed by atoms with Gasteiger partial charge in [0.25, 0.3) is 0 Å². The molecule has 5 heteroatoms. The zero-order chi connectivity index (χ0) is 13.8. The van der Waals surface area contributed by atoms with E-state index in [4.69, 9.17) is 11.6 Å². The second-order valence-corrected chi connectivity index (χ2v) is 4.40. The molecule has 2 aromatic rings. The highest BCUT2D eigenvalue weighted by atomic mass is 35.5. The molecule has 1 heterocycles. The molecule has 98 valence electrons. The number of hydrogen-bond donors (Lipinski definition) is 0. The number of esters is 1. The summed E-state index contributed by atoms with van der Waals surface area (Å²) in [4.78, 5) is 27.3. The molecule has 0 atom stereocenters. The molecule has 0 saturated carbocycles. The van der Waals surface area contributed by atoms with E-state index in [2.05, 4.69) is 9.72 Å². The standard InChI is InChI=1S/C14H12ClNO3/c1-19-13(18)7-6-12(17)10-4-5-11(15)9-3-2-8-16-14(9)10/h2-5,8H,6-7H2,1H3. The molecule has 2 rings (SSSR count). The summed E-state index contributed by atoms with van der Waals surface area (Å²) < 4.78 is 4.52. The average Bonchev–Trinajstić information content (AvgIpc) is 2.45. The van der Waals surface area contributed by atoms with Crippen molar-refractivity contribution in [3.8, 4) is 0 Å². The fourth-order valence-corrected chi connectivity index (χ4v) is 2.03. The van der Waals surface area contributed by atoms with Crippen molar-refractivity contribution in [2.24, 2.45) is 0 Å². The lowest BCUT2D eigenvalue weighted by Gasteiger charge is -2.06. The fourth-order valence-electron chi connectivity index (χ4n) is 1.82. The molecule has 4 nitrogen and oxygen atoms in total. The highest BCUT2D eigenvalue weighted by molar-refractivity contribution is 6.36. The summed E-state index contributed by atoms with van der Waals surface area (Å²) in [7, 11) is 1.30. The molecule has 0 aliphatic heterocycles.